The Balaban J connectivity index is 2.87. The summed E-state index contributed by atoms with van der Waals surface area (Å²) in [5.41, 5.74) is -0.683. The number of thioether (sulfide) groups is 1. The largest absolute Gasteiger partial charge is 0.328 e. The molecule has 0 amide bonds. The van der Waals surface area contributed by atoms with Crippen molar-refractivity contribution < 1.29 is 0 Å². The Morgan fingerprint density at radius 3 is 2.92 bits per heavy atom. The molecule has 0 fully saturated rings. The SMILES string of the molecule is CSCCn1ccc(=O)[nH]c1=O. The molecule has 0 aliphatic carbocycles. The fourth-order valence-electron chi connectivity index (χ4n) is 0.810. The molecule has 0 saturated heterocycles. The summed E-state index contributed by atoms with van der Waals surface area (Å²) in [5.74, 6) is 0.867. The van der Waals surface area contributed by atoms with E-state index < -0.39 is 0 Å². The first-order chi connectivity index (χ1) is 5.74. The van der Waals surface area contributed by atoms with Gasteiger partial charge in [0.2, 0.25) is 0 Å². The van der Waals surface area contributed by atoms with Gasteiger partial charge in [0.25, 0.3) is 5.56 Å². The maximum atomic E-state index is 11.0. The predicted molar refractivity (Wildman–Crippen MR) is 49.7 cm³/mol. The van der Waals surface area contributed by atoms with Gasteiger partial charge in [-0.3, -0.25) is 14.3 Å². The molecule has 0 atom stereocenters. The standard InChI is InChI=1S/C7H10N2O2S/c1-12-5-4-9-3-2-6(10)8-7(9)11/h2-3H,4-5H2,1H3,(H,8,10,11). The van der Waals surface area contributed by atoms with Crippen LogP contribution in [0.1, 0.15) is 0 Å². The van der Waals surface area contributed by atoms with Crippen LogP contribution in [0.25, 0.3) is 0 Å². The number of rotatable bonds is 3. The molecule has 0 saturated carbocycles. The Hall–Kier alpha value is -0.970. The molecule has 0 unspecified atom stereocenters. The Morgan fingerprint density at radius 1 is 1.58 bits per heavy atom. The smallest absolute Gasteiger partial charge is 0.300 e. The van der Waals surface area contributed by atoms with Gasteiger partial charge in [0.1, 0.15) is 0 Å². The lowest BCUT2D eigenvalue weighted by molar-refractivity contribution is 0.700. The number of hydrogen-bond donors (Lipinski definition) is 1. The highest BCUT2D eigenvalue weighted by Gasteiger charge is 1.93. The summed E-state index contributed by atoms with van der Waals surface area (Å²) in [5, 5.41) is 0. The molecule has 4 nitrogen and oxygen atoms in total. The van der Waals surface area contributed by atoms with Crippen molar-refractivity contribution in [1.29, 1.82) is 0 Å². The third kappa shape index (κ3) is 2.27. The zero-order valence-corrected chi connectivity index (χ0v) is 7.56. The van der Waals surface area contributed by atoms with E-state index in [4.69, 9.17) is 0 Å². The van der Waals surface area contributed by atoms with Crippen molar-refractivity contribution in [3.8, 4) is 0 Å². The van der Waals surface area contributed by atoms with Crippen molar-refractivity contribution in [2.45, 2.75) is 6.54 Å². The van der Waals surface area contributed by atoms with Crippen molar-refractivity contribution in [3.05, 3.63) is 33.1 Å². The van der Waals surface area contributed by atoms with Crippen molar-refractivity contribution in [1.82, 2.24) is 9.55 Å². The summed E-state index contributed by atoms with van der Waals surface area (Å²) < 4.78 is 1.48. The van der Waals surface area contributed by atoms with Crippen LogP contribution < -0.4 is 11.2 Å². The van der Waals surface area contributed by atoms with Crippen LogP contribution >= 0.6 is 11.8 Å². The zero-order chi connectivity index (χ0) is 8.97. The van der Waals surface area contributed by atoms with Crippen LogP contribution in [-0.2, 0) is 6.54 Å². The molecule has 1 heterocycles. The molecule has 0 radical (unpaired) electrons. The van der Waals surface area contributed by atoms with Gasteiger partial charge in [-0.2, -0.15) is 11.8 Å². The van der Waals surface area contributed by atoms with E-state index in [0.29, 0.717) is 6.54 Å². The van der Waals surface area contributed by atoms with Crippen molar-refractivity contribution in [3.63, 3.8) is 0 Å². The van der Waals surface area contributed by atoms with Gasteiger partial charge in [0.05, 0.1) is 0 Å². The number of H-pyrrole nitrogens is 1. The Labute approximate surface area is 73.6 Å². The minimum absolute atomic E-state index is 0.337. The van der Waals surface area contributed by atoms with Crippen LogP contribution in [0.4, 0.5) is 0 Å². The molecule has 0 bridgehead atoms. The second-order valence-electron chi connectivity index (χ2n) is 2.30. The van der Waals surface area contributed by atoms with Gasteiger partial charge in [0, 0.05) is 24.6 Å². The van der Waals surface area contributed by atoms with E-state index >= 15 is 0 Å². The average molecular weight is 186 g/mol. The highest BCUT2D eigenvalue weighted by atomic mass is 32.2. The summed E-state index contributed by atoms with van der Waals surface area (Å²) >= 11 is 1.66. The lowest BCUT2D eigenvalue weighted by Crippen LogP contribution is -2.29. The molecule has 66 valence electrons. The molecular weight excluding hydrogens is 176 g/mol. The number of nitrogens with one attached hydrogen (secondary N) is 1. The molecule has 1 rings (SSSR count). The Bertz CT molecular complexity index is 355. The summed E-state index contributed by atoms with van der Waals surface area (Å²) in [6.07, 6.45) is 3.48. The normalized spacial score (nSPS) is 10.1. The molecule has 0 aliphatic rings. The molecule has 1 aromatic rings. The van der Waals surface area contributed by atoms with E-state index in [1.54, 1.807) is 11.8 Å². The molecule has 5 heteroatoms. The van der Waals surface area contributed by atoms with Crippen LogP contribution in [0.15, 0.2) is 21.9 Å². The third-order valence-corrected chi connectivity index (χ3v) is 2.02. The second-order valence-corrected chi connectivity index (χ2v) is 3.28. The number of aromatic nitrogens is 2. The van der Waals surface area contributed by atoms with Crippen molar-refractivity contribution in [2.24, 2.45) is 0 Å². The molecular formula is C7H10N2O2S. The molecule has 0 aliphatic heterocycles. The zero-order valence-electron chi connectivity index (χ0n) is 6.74. The minimum atomic E-state index is -0.347. The fourth-order valence-corrected chi connectivity index (χ4v) is 1.19. The Morgan fingerprint density at radius 2 is 2.33 bits per heavy atom. The van der Waals surface area contributed by atoms with Crippen molar-refractivity contribution in [2.75, 3.05) is 12.0 Å². The Kier molecular flexibility index (Phi) is 3.16. The number of hydrogen-bond acceptors (Lipinski definition) is 3. The van der Waals surface area contributed by atoms with Crippen LogP contribution in [-0.4, -0.2) is 21.6 Å². The summed E-state index contributed by atoms with van der Waals surface area (Å²) in [6, 6.07) is 1.35. The molecule has 0 aromatic carbocycles. The van der Waals surface area contributed by atoms with E-state index in [-0.39, 0.29) is 11.2 Å². The second kappa shape index (κ2) is 4.15. The molecule has 0 spiro atoms. The van der Waals surface area contributed by atoms with Gasteiger partial charge < -0.3 is 0 Å². The highest BCUT2D eigenvalue weighted by molar-refractivity contribution is 7.98. The maximum absolute atomic E-state index is 11.0. The third-order valence-electron chi connectivity index (χ3n) is 1.43. The summed E-state index contributed by atoms with van der Waals surface area (Å²) in [6.45, 7) is 0.636. The minimum Gasteiger partial charge on any atom is -0.300 e. The maximum Gasteiger partial charge on any atom is 0.328 e. The van der Waals surface area contributed by atoms with Crippen LogP contribution in [0.3, 0.4) is 0 Å². The van der Waals surface area contributed by atoms with Crippen LogP contribution in [0, 0.1) is 0 Å². The van der Waals surface area contributed by atoms with E-state index in [9.17, 15) is 9.59 Å². The van der Waals surface area contributed by atoms with Gasteiger partial charge >= 0.3 is 5.69 Å². The first-order valence-corrected chi connectivity index (χ1v) is 4.92. The van der Waals surface area contributed by atoms with Gasteiger partial charge in [-0.05, 0) is 6.26 Å². The van der Waals surface area contributed by atoms with E-state index in [1.807, 2.05) is 6.26 Å². The lowest BCUT2D eigenvalue weighted by atomic mass is 10.6. The predicted octanol–water partition coefficient (Wildman–Crippen LogP) is -0.100. The topological polar surface area (TPSA) is 54.9 Å². The fraction of sp³-hybridized carbons (Fsp3) is 0.429. The first kappa shape index (κ1) is 9.12. The van der Waals surface area contributed by atoms with E-state index in [2.05, 4.69) is 4.98 Å². The monoisotopic (exact) mass is 186 g/mol. The summed E-state index contributed by atoms with van der Waals surface area (Å²) in [4.78, 5) is 23.9. The quantitative estimate of drug-likeness (QED) is 0.717. The molecule has 12 heavy (non-hydrogen) atoms. The molecule has 1 aromatic heterocycles. The number of nitrogens with zero attached hydrogens (tertiary/aromatic N) is 1. The van der Waals surface area contributed by atoms with E-state index in [0.717, 1.165) is 5.75 Å². The van der Waals surface area contributed by atoms with Gasteiger partial charge in [-0.25, -0.2) is 4.79 Å². The number of aryl methyl sites for hydroxylation is 1. The van der Waals surface area contributed by atoms with Gasteiger partial charge in [-0.1, -0.05) is 0 Å². The highest BCUT2D eigenvalue weighted by Crippen LogP contribution is 1.91. The summed E-state index contributed by atoms with van der Waals surface area (Å²) in [7, 11) is 0. The lowest BCUT2D eigenvalue weighted by Gasteiger charge is -2.00. The van der Waals surface area contributed by atoms with E-state index in [1.165, 1.54) is 16.8 Å². The molecule has 1 N–H and O–H groups in total. The van der Waals surface area contributed by atoms with Crippen LogP contribution in [0.2, 0.25) is 0 Å². The average Bonchev–Trinajstić information content (AvgIpc) is 2.03. The van der Waals surface area contributed by atoms with Crippen molar-refractivity contribution >= 4 is 11.8 Å². The number of aromatic amines is 1. The van der Waals surface area contributed by atoms with Gasteiger partial charge in [-0.15, -0.1) is 0 Å². The first-order valence-electron chi connectivity index (χ1n) is 3.53. The van der Waals surface area contributed by atoms with Crippen LogP contribution in [0.5, 0.6) is 0 Å². The van der Waals surface area contributed by atoms with Gasteiger partial charge in [0.15, 0.2) is 0 Å².